The molecule has 1 N–H and O–H groups in total. The molecule has 0 aromatic carbocycles. The highest BCUT2D eigenvalue weighted by Crippen LogP contribution is 1.97. The molecule has 0 spiro atoms. The molecule has 0 saturated carbocycles. The Balaban J connectivity index is 4.30. The Morgan fingerprint density at radius 2 is 2.20 bits per heavy atom. The number of hydrogen-bond donors (Lipinski definition) is 1. The first-order valence-electron chi connectivity index (χ1n) is 3.00. The van der Waals surface area contributed by atoms with Crippen LogP contribution in [0.4, 0.5) is 0 Å². The third-order valence-corrected chi connectivity index (χ3v) is 1.08. The fraction of sp³-hybridized carbons (Fsp3) is 0.250. The lowest BCUT2D eigenvalue weighted by Crippen LogP contribution is -1.89. The smallest absolute Gasteiger partial charge is 0.0912 e. The Hall–Kier alpha value is -1.36. The predicted molar refractivity (Wildman–Crippen MR) is 41.9 cm³/mol. The van der Waals surface area contributed by atoms with E-state index >= 15 is 0 Å². The Morgan fingerprint density at radius 1 is 1.60 bits per heavy atom. The van der Waals surface area contributed by atoms with Crippen molar-refractivity contribution in [3.8, 4) is 6.07 Å². The molecule has 0 rings (SSSR count). The van der Waals surface area contributed by atoms with Crippen LogP contribution in [0.25, 0.3) is 0 Å². The second-order valence-electron chi connectivity index (χ2n) is 1.83. The first-order chi connectivity index (χ1) is 4.72. The van der Waals surface area contributed by atoms with Crippen LogP contribution in [0.2, 0.25) is 0 Å². The highest BCUT2D eigenvalue weighted by molar-refractivity contribution is 5.98. The van der Waals surface area contributed by atoms with Crippen LogP contribution in [0.15, 0.2) is 23.8 Å². The van der Waals surface area contributed by atoms with Crippen LogP contribution in [-0.4, -0.2) is 5.71 Å². The topological polar surface area (TPSA) is 47.6 Å². The Kier molecular flexibility index (Phi) is 3.90. The normalized spacial score (nSPS) is 11.5. The van der Waals surface area contributed by atoms with Gasteiger partial charge in [0, 0.05) is 11.8 Å². The zero-order valence-electron chi connectivity index (χ0n) is 6.18. The number of rotatable bonds is 2. The Morgan fingerprint density at radius 3 is 2.50 bits per heavy atom. The molecule has 0 radical (unpaired) electrons. The molecule has 0 bridgehead atoms. The summed E-state index contributed by atoms with van der Waals surface area (Å²) in [5.41, 5.74) is 1.27. The molecule has 0 atom stereocenters. The maximum Gasteiger partial charge on any atom is 0.0912 e. The van der Waals surface area contributed by atoms with Crippen LogP contribution in [0.5, 0.6) is 0 Å². The molecule has 10 heavy (non-hydrogen) atoms. The lowest BCUT2D eigenvalue weighted by molar-refractivity contribution is 1.45. The minimum Gasteiger partial charge on any atom is -0.305 e. The average molecular weight is 134 g/mol. The van der Waals surface area contributed by atoms with Gasteiger partial charge in [0.2, 0.25) is 0 Å². The van der Waals surface area contributed by atoms with E-state index in [1.807, 2.05) is 13.0 Å². The van der Waals surface area contributed by atoms with Gasteiger partial charge in [-0.05, 0) is 25.5 Å². The van der Waals surface area contributed by atoms with E-state index in [-0.39, 0.29) is 0 Å². The number of hydrogen-bond acceptors (Lipinski definition) is 2. The number of nitriles is 1. The van der Waals surface area contributed by atoms with Crippen molar-refractivity contribution in [1.82, 2.24) is 0 Å². The van der Waals surface area contributed by atoms with Crippen LogP contribution in [0.1, 0.15) is 13.8 Å². The molecule has 2 nitrogen and oxygen atoms in total. The summed E-state index contributed by atoms with van der Waals surface area (Å²) in [5, 5.41) is 15.4. The van der Waals surface area contributed by atoms with E-state index in [4.69, 9.17) is 10.7 Å². The highest BCUT2D eigenvalue weighted by Gasteiger charge is 1.89. The molecule has 0 aliphatic rings. The number of nitrogens with one attached hydrogen (secondary N) is 1. The van der Waals surface area contributed by atoms with Crippen molar-refractivity contribution in [2.75, 3.05) is 0 Å². The molecule has 2 heteroatoms. The zero-order valence-corrected chi connectivity index (χ0v) is 6.18. The van der Waals surface area contributed by atoms with Crippen LogP contribution in [0, 0.1) is 16.7 Å². The average Bonchev–Trinajstić information content (AvgIpc) is 1.89. The molecule has 0 aromatic heterocycles. The van der Waals surface area contributed by atoms with Crippen molar-refractivity contribution in [2.24, 2.45) is 0 Å². The molecule has 0 aliphatic carbocycles. The Labute approximate surface area is 61.0 Å². The second kappa shape index (κ2) is 4.51. The molecule has 0 aliphatic heterocycles. The summed E-state index contributed by atoms with van der Waals surface area (Å²) in [7, 11) is 0. The van der Waals surface area contributed by atoms with Crippen molar-refractivity contribution in [3.05, 3.63) is 23.8 Å². The van der Waals surface area contributed by atoms with Crippen molar-refractivity contribution >= 4 is 5.71 Å². The van der Waals surface area contributed by atoms with Crippen molar-refractivity contribution in [3.63, 3.8) is 0 Å². The van der Waals surface area contributed by atoms with Crippen molar-refractivity contribution in [2.45, 2.75) is 13.8 Å². The third kappa shape index (κ3) is 2.83. The standard InChI is InChI=1S/C8H10N2/c1-3-8(7(2)10)5-4-6-9/h3-5,10H,1-2H3/b5-4+,8-3-,10-7?. The van der Waals surface area contributed by atoms with Gasteiger partial charge in [-0.1, -0.05) is 6.08 Å². The fourth-order valence-electron chi connectivity index (χ4n) is 0.565. The lowest BCUT2D eigenvalue weighted by atomic mass is 10.1. The molecule has 0 amide bonds. The van der Waals surface area contributed by atoms with Gasteiger partial charge in [0.25, 0.3) is 0 Å². The summed E-state index contributed by atoms with van der Waals surface area (Å²) in [6.45, 7) is 3.53. The van der Waals surface area contributed by atoms with Gasteiger partial charge in [0.05, 0.1) is 6.07 Å². The van der Waals surface area contributed by atoms with Gasteiger partial charge in [-0.2, -0.15) is 5.26 Å². The quantitative estimate of drug-likeness (QED) is 0.350. The van der Waals surface area contributed by atoms with Gasteiger partial charge in [-0.15, -0.1) is 0 Å². The third-order valence-electron chi connectivity index (χ3n) is 1.08. The SMILES string of the molecule is C/C=C(/C=C/C#N)C(C)=N. The molecule has 0 aromatic rings. The summed E-state index contributed by atoms with van der Waals surface area (Å²) >= 11 is 0. The van der Waals surface area contributed by atoms with Crippen molar-refractivity contribution < 1.29 is 0 Å². The first-order valence-corrected chi connectivity index (χ1v) is 3.00. The summed E-state index contributed by atoms with van der Waals surface area (Å²) in [6.07, 6.45) is 4.80. The maximum atomic E-state index is 8.16. The van der Waals surface area contributed by atoms with E-state index in [9.17, 15) is 0 Å². The molecular formula is C8H10N2. The van der Waals surface area contributed by atoms with Crippen LogP contribution in [-0.2, 0) is 0 Å². The molecule has 52 valence electrons. The number of allylic oxidation sites excluding steroid dienone is 4. The molecule has 0 heterocycles. The van der Waals surface area contributed by atoms with Crippen LogP contribution >= 0.6 is 0 Å². The monoisotopic (exact) mass is 134 g/mol. The predicted octanol–water partition coefficient (Wildman–Crippen LogP) is 2.05. The van der Waals surface area contributed by atoms with Crippen LogP contribution < -0.4 is 0 Å². The maximum absolute atomic E-state index is 8.16. The molecule has 0 saturated heterocycles. The fourth-order valence-corrected chi connectivity index (χ4v) is 0.565. The van der Waals surface area contributed by atoms with Gasteiger partial charge in [-0.25, -0.2) is 0 Å². The molecular weight excluding hydrogens is 124 g/mol. The van der Waals surface area contributed by atoms with Crippen molar-refractivity contribution in [1.29, 1.82) is 10.7 Å². The highest BCUT2D eigenvalue weighted by atomic mass is 14.4. The van der Waals surface area contributed by atoms with Gasteiger partial charge < -0.3 is 5.41 Å². The number of nitrogens with zero attached hydrogens (tertiary/aromatic N) is 1. The minimum atomic E-state index is 0.481. The molecule has 0 fully saturated rings. The largest absolute Gasteiger partial charge is 0.305 e. The van der Waals surface area contributed by atoms with Gasteiger partial charge >= 0.3 is 0 Å². The minimum absolute atomic E-state index is 0.481. The summed E-state index contributed by atoms with van der Waals surface area (Å²) in [5.74, 6) is 0. The van der Waals surface area contributed by atoms with E-state index in [0.29, 0.717) is 5.71 Å². The van der Waals surface area contributed by atoms with E-state index in [1.54, 1.807) is 19.1 Å². The summed E-state index contributed by atoms with van der Waals surface area (Å²) < 4.78 is 0. The van der Waals surface area contributed by atoms with Crippen LogP contribution in [0.3, 0.4) is 0 Å². The van der Waals surface area contributed by atoms with E-state index in [1.165, 1.54) is 6.08 Å². The Bertz CT molecular complexity index is 216. The zero-order chi connectivity index (χ0) is 7.98. The summed E-state index contributed by atoms with van der Waals surface area (Å²) in [4.78, 5) is 0. The van der Waals surface area contributed by atoms with Gasteiger partial charge in [-0.3, -0.25) is 0 Å². The lowest BCUT2D eigenvalue weighted by Gasteiger charge is -1.93. The first kappa shape index (κ1) is 8.64. The summed E-state index contributed by atoms with van der Waals surface area (Å²) in [6, 6.07) is 1.87. The van der Waals surface area contributed by atoms with E-state index in [2.05, 4.69) is 0 Å². The second-order valence-corrected chi connectivity index (χ2v) is 1.83. The van der Waals surface area contributed by atoms with Gasteiger partial charge in [0.1, 0.15) is 0 Å². The van der Waals surface area contributed by atoms with E-state index in [0.717, 1.165) is 5.57 Å². The van der Waals surface area contributed by atoms with E-state index < -0.39 is 0 Å². The van der Waals surface area contributed by atoms with Gasteiger partial charge in [0.15, 0.2) is 0 Å². The molecule has 0 unspecified atom stereocenters.